The zero-order valence-corrected chi connectivity index (χ0v) is 24.8. The standard InChI is InChI=1S/C31H39N3O6S/c1-22-18-34(23(2)21-35)31(36)17-25-16-26(32-41(37,38)28-13-11-27(39-4)12-14-28)10-15-29(25)40-30(22)20-33(3)19-24-8-6-5-7-9-24/h5-16,22-23,30,32,35H,17-21H2,1-4H3/t22-,23-,30+/m0/s1. The van der Waals surface area contributed by atoms with Crippen LogP contribution >= 0.6 is 0 Å². The van der Waals surface area contributed by atoms with Crippen molar-refractivity contribution < 1.29 is 27.8 Å². The van der Waals surface area contributed by atoms with Crippen LogP contribution in [-0.4, -0.2) is 75.2 Å². The molecule has 4 rings (SSSR count). The second-order valence-electron chi connectivity index (χ2n) is 10.7. The van der Waals surface area contributed by atoms with Crippen molar-refractivity contribution in [2.45, 2.75) is 43.9 Å². The van der Waals surface area contributed by atoms with Crippen LogP contribution < -0.4 is 14.2 Å². The van der Waals surface area contributed by atoms with E-state index >= 15 is 0 Å². The minimum atomic E-state index is -3.88. The highest BCUT2D eigenvalue weighted by atomic mass is 32.2. The number of nitrogens with one attached hydrogen (secondary N) is 1. The van der Waals surface area contributed by atoms with Crippen LogP contribution in [0.5, 0.6) is 11.5 Å². The van der Waals surface area contributed by atoms with Gasteiger partial charge in [0.2, 0.25) is 5.91 Å². The molecule has 3 aromatic rings. The molecule has 0 unspecified atom stereocenters. The summed E-state index contributed by atoms with van der Waals surface area (Å²) in [5.74, 6) is 0.896. The lowest BCUT2D eigenvalue weighted by atomic mass is 10.0. The summed E-state index contributed by atoms with van der Waals surface area (Å²) in [7, 11) is -0.328. The number of likely N-dealkylation sites (N-methyl/N-ethyl adjacent to an activating group) is 1. The quantitative estimate of drug-likeness (QED) is 0.375. The molecule has 0 saturated heterocycles. The Morgan fingerprint density at radius 2 is 1.83 bits per heavy atom. The van der Waals surface area contributed by atoms with Crippen LogP contribution in [0.15, 0.2) is 77.7 Å². The Labute approximate surface area is 242 Å². The number of benzene rings is 3. The largest absolute Gasteiger partial charge is 0.497 e. The molecule has 0 aliphatic carbocycles. The van der Waals surface area contributed by atoms with Gasteiger partial charge in [0.15, 0.2) is 0 Å². The SMILES string of the molecule is COc1ccc(S(=O)(=O)Nc2ccc3c(c2)CC(=O)N([C@@H](C)CO)C[C@H](C)[C@@H](CN(C)Cc2ccccc2)O3)cc1. The normalized spacial score (nSPS) is 18.5. The van der Waals surface area contributed by atoms with Crippen molar-refractivity contribution >= 4 is 21.6 Å². The molecule has 3 aromatic carbocycles. The zero-order valence-electron chi connectivity index (χ0n) is 24.0. The van der Waals surface area contributed by atoms with Crippen molar-refractivity contribution in [1.29, 1.82) is 0 Å². The predicted octanol–water partition coefficient (Wildman–Crippen LogP) is 3.78. The van der Waals surface area contributed by atoms with E-state index in [9.17, 15) is 18.3 Å². The van der Waals surface area contributed by atoms with Crippen molar-refractivity contribution in [3.8, 4) is 11.5 Å². The van der Waals surface area contributed by atoms with Gasteiger partial charge in [-0.1, -0.05) is 37.3 Å². The lowest BCUT2D eigenvalue weighted by Gasteiger charge is -2.34. The van der Waals surface area contributed by atoms with E-state index in [0.717, 1.165) is 6.54 Å². The Hall–Kier alpha value is -3.60. The van der Waals surface area contributed by atoms with Crippen molar-refractivity contribution in [1.82, 2.24) is 9.80 Å². The third-order valence-corrected chi connectivity index (χ3v) is 8.72. The number of fused-ring (bicyclic) bond motifs is 1. The molecule has 41 heavy (non-hydrogen) atoms. The molecular weight excluding hydrogens is 542 g/mol. The molecule has 1 amide bonds. The molecule has 3 atom stereocenters. The number of amides is 1. The Morgan fingerprint density at radius 1 is 1.12 bits per heavy atom. The van der Waals surface area contributed by atoms with E-state index < -0.39 is 10.0 Å². The molecule has 220 valence electrons. The van der Waals surface area contributed by atoms with E-state index in [0.29, 0.717) is 35.8 Å². The number of carbonyl (C=O) groups is 1. The third-order valence-electron chi connectivity index (χ3n) is 7.33. The molecular formula is C31H39N3O6S. The summed E-state index contributed by atoms with van der Waals surface area (Å²) in [5, 5.41) is 9.89. The number of aliphatic hydroxyl groups is 1. The minimum Gasteiger partial charge on any atom is -0.497 e. The fraction of sp³-hybridized carbons (Fsp3) is 0.387. The smallest absolute Gasteiger partial charge is 0.261 e. The zero-order chi connectivity index (χ0) is 29.6. The number of nitrogens with zero attached hydrogens (tertiary/aromatic N) is 2. The van der Waals surface area contributed by atoms with Gasteiger partial charge in [-0.15, -0.1) is 0 Å². The molecule has 0 bridgehead atoms. The second-order valence-corrected chi connectivity index (χ2v) is 12.4. The van der Waals surface area contributed by atoms with Gasteiger partial charge in [0.05, 0.1) is 31.1 Å². The first kappa shape index (κ1) is 30.4. The van der Waals surface area contributed by atoms with Crippen LogP contribution in [-0.2, 0) is 27.8 Å². The van der Waals surface area contributed by atoms with Gasteiger partial charge < -0.3 is 19.5 Å². The van der Waals surface area contributed by atoms with E-state index in [1.165, 1.54) is 24.8 Å². The average Bonchev–Trinajstić information content (AvgIpc) is 3.00. The van der Waals surface area contributed by atoms with Crippen LogP contribution in [0.4, 0.5) is 5.69 Å². The Morgan fingerprint density at radius 3 is 2.49 bits per heavy atom. The summed E-state index contributed by atoms with van der Waals surface area (Å²) in [5.41, 5.74) is 2.08. The summed E-state index contributed by atoms with van der Waals surface area (Å²) < 4.78 is 40.4. The highest BCUT2D eigenvalue weighted by Gasteiger charge is 2.31. The molecule has 1 aliphatic rings. The van der Waals surface area contributed by atoms with E-state index in [1.54, 1.807) is 35.2 Å². The molecule has 2 N–H and O–H groups in total. The van der Waals surface area contributed by atoms with Crippen molar-refractivity contribution in [2.75, 3.05) is 38.6 Å². The van der Waals surface area contributed by atoms with Crippen molar-refractivity contribution in [3.05, 3.63) is 83.9 Å². The first-order chi connectivity index (χ1) is 19.6. The van der Waals surface area contributed by atoms with Crippen molar-refractivity contribution in [2.24, 2.45) is 5.92 Å². The molecule has 0 aromatic heterocycles. The number of hydrogen-bond acceptors (Lipinski definition) is 7. The number of aliphatic hydroxyl groups excluding tert-OH is 1. The Kier molecular flexibility index (Phi) is 9.90. The second kappa shape index (κ2) is 13.4. The first-order valence-electron chi connectivity index (χ1n) is 13.7. The fourth-order valence-electron chi connectivity index (χ4n) is 4.95. The average molecular weight is 582 g/mol. The number of sulfonamides is 1. The summed E-state index contributed by atoms with van der Waals surface area (Å²) in [6, 6.07) is 20.9. The molecule has 10 heteroatoms. The van der Waals surface area contributed by atoms with Crippen LogP contribution in [0.3, 0.4) is 0 Å². The lowest BCUT2D eigenvalue weighted by molar-refractivity contribution is -0.134. The van der Waals surface area contributed by atoms with E-state index in [1.807, 2.05) is 39.1 Å². The molecule has 9 nitrogen and oxygen atoms in total. The van der Waals surface area contributed by atoms with Crippen molar-refractivity contribution in [3.63, 3.8) is 0 Å². The van der Waals surface area contributed by atoms with Gasteiger partial charge in [0.1, 0.15) is 17.6 Å². The molecule has 0 saturated carbocycles. The number of hydrogen-bond donors (Lipinski definition) is 2. The van der Waals surface area contributed by atoms with Gasteiger partial charge in [-0.25, -0.2) is 8.42 Å². The maximum absolute atomic E-state index is 13.5. The van der Waals surface area contributed by atoms with Gasteiger partial charge in [0, 0.05) is 36.8 Å². The molecule has 0 fully saturated rings. The van der Waals surface area contributed by atoms with Gasteiger partial charge in [-0.05, 0) is 62.0 Å². The van der Waals surface area contributed by atoms with Crippen LogP contribution in [0.1, 0.15) is 25.0 Å². The molecule has 1 heterocycles. The highest BCUT2D eigenvalue weighted by molar-refractivity contribution is 7.92. The monoisotopic (exact) mass is 581 g/mol. The summed E-state index contributed by atoms with van der Waals surface area (Å²) in [4.78, 5) is 17.4. The topological polar surface area (TPSA) is 108 Å². The number of methoxy groups -OCH3 is 1. The lowest BCUT2D eigenvalue weighted by Crippen LogP contribution is -2.47. The van der Waals surface area contributed by atoms with Gasteiger partial charge in [-0.2, -0.15) is 0 Å². The van der Waals surface area contributed by atoms with E-state index in [-0.39, 0.29) is 41.9 Å². The van der Waals surface area contributed by atoms with E-state index in [4.69, 9.17) is 9.47 Å². The summed E-state index contributed by atoms with van der Waals surface area (Å²) in [6.07, 6.45) is -0.250. The maximum Gasteiger partial charge on any atom is 0.261 e. The van der Waals surface area contributed by atoms with Gasteiger partial charge in [-0.3, -0.25) is 14.4 Å². The highest BCUT2D eigenvalue weighted by Crippen LogP contribution is 2.30. The maximum atomic E-state index is 13.5. The molecule has 1 aliphatic heterocycles. The Bertz CT molecular complexity index is 1420. The summed E-state index contributed by atoms with van der Waals surface area (Å²) in [6.45, 7) is 5.48. The van der Waals surface area contributed by atoms with Gasteiger partial charge >= 0.3 is 0 Å². The number of carbonyl (C=O) groups excluding carboxylic acids is 1. The first-order valence-corrected chi connectivity index (χ1v) is 15.2. The number of ether oxygens (including phenoxy) is 2. The van der Waals surface area contributed by atoms with E-state index in [2.05, 4.69) is 21.8 Å². The molecule has 0 radical (unpaired) electrons. The Balaban J connectivity index is 1.62. The number of rotatable bonds is 10. The van der Waals surface area contributed by atoms with Crippen LogP contribution in [0.25, 0.3) is 0 Å². The van der Waals surface area contributed by atoms with Crippen LogP contribution in [0, 0.1) is 5.92 Å². The van der Waals surface area contributed by atoms with Gasteiger partial charge in [0.25, 0.3) is 10.0 Å². The fourth-order valence-corrected chi connectivity index (χ4v) is 6.00. The predicted molar refractivity (Wildman–Crippen MR) is 159 cm³/mol. The molecule has 0 spiro atoms. The van der Waals surface area contributed by atoms with Crippen LogP contribution in [0.2, 0.25) is 0 Å². The minimum absolute atomic E-state index is 0.0110. The number of anilines is 1. The third kappa shape index (κ3) is 7.78. The summed E-state index contributed by atoms with van der Waals surface area (Å²) >= 11 is 0.